The number of carboxylic acid groups (broad SMARTS) is 1. The van der Waals surface area contributed by atoms with Crippen molar-refractivity contribution in [2.24, 2.45) is 0 Å². The Bertz CT molecular complexity index is 1190. The van der Waals surface area contributed by atoms with Crippen molar-refractivity contribution in [3.8, 4) is 11.6 Å². The van der Waals surface area contributed by atoms with Crippen LogP contribution in [0.25, 0.3) is 11.6 Å². The molecular weight excluding hydrogens is 471 g/mol. The predicted octanol–water partition coefficient (Wildman–Crippen LogP) is 2.05. The van der Waals surface area contributed by atoms with Crippen molar-refractivity contribution in [1.82, 2.24) is 30.3 Å². The number of tetrazole rings is 1. The third kappa shape index (κ3) is 4.89. The standard InChI is InChI=1S/C18H15ClF3N7O4/c19-12-2-1-10(18(20,21)22)7-11(12)17(32)28-5-3-27(4-6-28)14-8-13(33-25-14)16-23-26-29(24-16)9-15(30)31/h1-2,7-8H,3-6,9H2,(H,30,31). The molecule has 3 heterocycles. The van der Waals surface area contributed by atoms with Gasteiger partial charge in [-0.1, -0.05) is 16.8 Å². The summed E-state index contributed by atoms with van der Waals surface area (Å²) in [5.41, 5.74) is -1.16. The fourth-order valence-electron chi connectivity index (χ4n) is 3.22. The molecule has 0 aliphatic carbocycles. The fourth-order valence-corrected chi connectivity index (χ4v) is 3.42. The number of alkyl halides is 3. The first kappa shape index (κ1) is 22.5. The Morgan fingerprint density at radius 2 is 1.88 bits per heavy atom. The number of halogens is 4. The second-order valence-electron chi connectivity index (χ2n) is 7.06. The Morgan fingerprint density at radius 1 is 1.15 bits per heavy atom. The van der Waals surface area contributed by atoms with Gasteiger partial charge in [0.1, 0.15) is 0 Å². The molecule has 1 amide bonds. The van der Waals surface area contributed by atoms with Crippen LogP contribution in [-0.2, 0) is 17.5 Å². The van der Waals surface area contributed by atoms with Gasteiger partial charge >= 0.3 is 12.1 Å². The van der Waals surface area contributed by atoms with Gasteiger partial charge in [-0.2, -0.15) is 18.0 Å². The molecule has 2 aromatic heterocycles. The topological polar surface area (TPSA) is 130 Å². The van der Waals surface area contributed by atoms with E-state index in [2.05, 4.69) is 20.6 Å². The van der Waals surface area contributed by atoms with Crippen LogP contribution in [0, 0.1) is 0 Å². The molecule has 0 bridgehead atoms. The van der Waals surface area contributed by atoms with Crippen LogP contribution in [-0.4, -0.2) is 73.4 Å². The van der Waals surface area contributed by atoms with Gasteiger partial charge in [0.05, 0.1) is 16.1 Å². The maximum Gasteiger partial charge on any atom is 0.416 e. The molecule has 1 fully saturated rings. The van der Waals surface area contributed by atoms with Crippen LogP contribution in [0.2, 0.25) is 5.02 Å². The Balaban J connectivity index is 1.41. The SMILES string of the molecule is O=C(O)Cn1nnc(-c2cc(N3CCN(C(=O)c4cc(C(F)(F)F)ccc4Cl)CC3)no2)n1. The highest BCUT2D eigenvalue weighted by molar-refractivity contribution is 6.33. The summed E-state index contributed by atoms with van der Waals surface area (Å²) in [7, 11) is 0. The zero-order valence-corrected chi connectivity index (χ0v) is 17.4. The largest absolute Gasteiger partial charge is 0.480 e. The van der Waals surface area contributed by atoms with E-state index in [4.69, 9.17) is 21.2 Å². The monoisotopic (exact) mass is 485 g/mol. The molecule has 1 aliphatic heterocycles. The molecule has 1 saturated heterocycles. The Kier molecular flexibility index (Phi) is 5.93. The van der Waals surface area contributed by atoms with Crippen LogP contribution in [0.4, 0.5) is 19.0 Å². The first-order chi connectivity index (χ1) is 15.6. The Labute approximate surface area is 188 Å². The zero-order valence-electron chi connectivity index (χ0n) is 16.7. The molecule has 11 nitrogen and oxygen atoms in total. The number of carbonyl (C=O) groups is 2. The number of amides is 1. The highest BCUT2D eigenvalue weighted by atomic mass is 35.5. The number of aliphatic carboxylic acids is 1. The summed E-state index contributed by atoms with van der Waals surface area (Å²) in [5.74, 6) is -1.05. The first-order valence-corrected chi connectivity index (χ1v) is 9.87. The Morgan fingerprint density at radius 3 is 2.55 bits per heavy atom. The van der Waals surface area contributed by atoms with E-state index in [1.54, 1.807) is 6.07 Å². The highest BCUT2D eigenvalue weighted by Gasteiger charge is 2.33. The van der Waals surface area contributed by atoms with Crippen molar-refractivity contribution in [3.63, 3.8) is 0 Å². The molecule has 0 spiro atoms. The van der Waals surface area contributed by atoms with Crippen LogP contribution >= 0.6 is 11.6 Å². The molecule has 33 heavy (non-hydrogen) atoms. The van der Waals surface area contributed by atoms with Gasteiger partial charge < -0.3 is 19.4 Å². The summed E-state index contributed by atoms with van der Waals surface area (Å²) in [4.78, 5) is 27.6. The summed E-state index contributed by atoms with van der Waals surface area (Å²) < 4.78 is 44.2. The van der Waals surface area contributed by atoms with Crippen molar-refractivity contribution < 1.29 is 32.4 Å². The van der Waals surface area contributed by atoms with Crippen molar-refractivity contribution in [2.75, 3.05) is 31.1 Å². The normalized spacial score (nSPS) is 14.5. The maximum atomic E-state index is 13.0. The number of carbonyl (C=O) groups excluding carboxylic acids is 1. The Hall–Kier alpha value is -3.68. The van der Waals surface area contributed by atoms with E-state index < -0.39 is 30.2 Å². The smallest absolute Gasteiger partial charge is 0.416 e. The number of anilines is 1. The van der Waals surface area contributed by atoms with Gasteiger partial charge in [-0.25, -0.2) is 0 Å². The van der Waals surface area contributed by atoms with E-state index in [1.165, 1.54) is 4.90 Å². The average molecular weight is 486 g/mol. The van der Waals surface area contributed by atoms with Crippen molar-refractivity contribution in [2.45, 2.75) is 12.7 Å². The minimum Gasteiger partial charge on any atom is -0.480 e. The van der Waals surface area contributed by atoms with Gasteiger partial charge in [-0.3, -0.25) is 9.59 Å². The number of carboxylic acids is 1. The minimum atomic E-state index is -4.59. The first-order valence-electron chi connectivity index (χ1n) is 9.49. The molecule has 1 aliphatic rings. The summed E-state index contributed by atoms with van der Waals surface area (Å²) >= 11 is 5.98. The molecule has 1 aromatic carbocycles. The van der Waals surface area contributed by atoms with Gasteiger partial charge in [-0.15, -0.1) is 10.2 Å². The van der Waals surface area contributed by atoms with E-state index in [0.29, 0.717) is 18.9 Å². The van der Waals surface area contributed by atoms with E-state index in [9.17, 15) is 22.8 Å². The number of hydrogen-bond acceptors (Lipinski definition) is 8. The number of rotatable bonds is 5. The maximum absolute atomic E-state index is 13.0. The summed E-state index contributed by atoms with van der Waals surface area (Å²) in [6.45, 7) is 0.669. The van der Waals surface area contributed by atoms with E-state index in [0.717, 1.165) is 23.0 Å². The molecule has 4 rings (SSSR count). The zero-order chi connectivity index (χ0) is 23.8. The van der Waals surface area contributed by atoms with Gasteiger partial charge in [0.15, 0.2) is 12.4 Å². The summed E-state index contributed by atoms with van der Waals surface area (Å²) in [5, 5.41) is 23.9. The molecule has 3 aromatic rings. The highest BCUT2D eigenvalue weighted by Crippen LogP contribution is 2.32. The third-order valence-corrected chi connectivity index (χ3v) is 5.19. The second kappa shape index (κ2) is 8.69. The van der Waals surface area contributed by atoms with Crippen LogP contribution < -0.4 is 4.90 Å². The molecular formula is C18H15ClF3N7O4. The molecule has 0 unspecified atom stereocenters. The van der Waals surface area contributed by atoms with Crippen molar-refractivity contribution in [3.05, 3.63) is 40.4 Å². The molecule has 0 atom stereocenters. The van der Waals surface area contributed by atoms with Gasteiger partial charge in [0.25, 0.3) is 5.91 Å². The molecule has 15 heteroatoms. The number of nitrogens with zero attached hydrogens (tertiary/aromatic N) is 7. The minimum absolute atomic E-state index is 0.0555. The number of aromatic nitrogens is 5. The van der Waals surface area contributed by atoms with Gasteiger partial charge in [0, 0.05) is 32.2 Å². The lowest BCUT2D eigenvalue weighted by molar-refractivity contribution is -0.138. The van der Waals surface area contributed by atoms with Crippen molar-refractivity contribution in [1.29, 1.82) is 0 Å². The molecule has 0 radical (unpaired) electrons. The summed E-state index contributed by atoms with van der Waals surface area (Å²) in [6, 6.07) is 4.19. The second-order valence-corrected chi connectivity index (χ2v) is 7.47. The van der Waals surface area contributed by atoms with Crippen LogP contribution in [0.3, 0.4) is 0 Å². The van der Waals surface area contributed by atoms with E-state index >= 15 is 0 Å². The van der Waals surface area contributed by atoms with Crippen LogP contribution in [0.15, 0.2) is 28.8 Å². The lowest BCUT2D eigenvalue weighted by Crippen LogP contribution is -2.49. The van der Waals surface area contributed by atoms with Gasteiger partial charge in [-0.05, 0) is 23.4 Å². The lowest BCUT2D eigenvalue weighted by atomic mass is 10.1. The summed E-state index contributed by atoms with van der Waals surface area (Å²) in [6.07, 6.45) is -4.59. The predicted molar refractivity (Wildman–Crippen MR) is 106 cm³/mol. The fraction of sp³-hybridized carbons (Fsp3) is 0.333. The lowest BCUT2D eigenvalue weighted by Gasteiger charge is -2.34. The molecule has 1 N–H and O–H groups in total. The number of benzene rings is 1. The van der Waals surface area contributed by atoms with E-state index in [1.807, 2.05) is 4.90 Å². The van der Waals surface area contributed by atoms with Crippen LogP contribution in [0.5, 0.6) is 0 Å². The van der Waals surface area contributed by atoms with Gasteiger partial charge in [0.2, 0.25) is 11.6 Å². The van der Waals surface area contributed by atoms with Crippen LogP contribution in [0.1, 0.15) is 15.9 Å². The number of piperazine rings is 1. The third-order valence-electron chi connectivity index (χ3n) is 4.86. The van der Waals surface area contributed by atoms with Crippen molar-refractivity contribution >= 4 is 29.3 Å². The quantitative estimate of drug-likeness (QED) is 0.576. The number of hydrogen-bond donors (Lipinski definition) is 1. The molecule has 174 valence electrons. The average Bonchev–Trinajstić information content (AvgIpc) is 3.42. The van der Waals surface area contributed by atoms with E-state index in [-0.39, 0.29) is 35.3 Å². The molecule has 0 saturated carbocycles.